The quantitative estimate of drug-likeness (QED) is 0.612. The molecule has 2 amide bonds. The molecule has 0 saturated carbocycles. The molecule has 0 aliphatic carbocycles. The number of nitrogens with zero attached hydrogens (tertiary/aromatic N) is 1. The minimum Gasteiger partial charge on any atom is -0.497 e. The van der Waals surface area contributed by atoms with Crippen molar-refractivity contribution in [2.45, 2.75) is 0 Å². The minimum absolute atomic E-state index is 0.293. The van der Waals surface area contributed by atoms with Crippen molar-refractivity contribution >= 4 is 17.5 Å². The lowest BCUT2D eigenvalue weighted by molar-refractivity contribution is 0.0383. The fraction of sp³-hybridized carbons (Fsp3) is 0.391. The molecule has 9 nitrogen and oxygen atoms in total. The predicted octanol–water partition coefficient (Wildman–Crippen LogP) is 2.03. The highest BCUT2D eigenvalue weighted by atomic mass is 16.5. The summed E-state index contributed by atoms with van der Waals surface area (Å²) in [7, 11) is 4.49. The first-order valence-corrected chi connectivity index (χ1v) is 10.4. The van der Waals surface area contributed by atoms with Crippen molar-refractivity contribution < 1.29 is 28.5 Å². The average Bonchev–Trinajstić information content (AvgIpc) is 2.84. The zero-order chi connectivity index (χ0) is 22.9. The number of amides is 2. The number of rotatable bonds is 9. The van der Waals surface area contributed by atoms with Gasteiger partial charge in [-0.1, -0.05) is 6.07 Å². The molecule has 1 aliphatic heterocycles. The number of carbonyl (C=O) groups excluding carboxylic acids is 2. The van der Waals surface area contributed by atoms with Gasteiger partial charge in [0.2, 0.25) is 0 Å². The summed E-state index contributed by atoms with van der Waals surface area (Å²) in [5.74, 6) is 0.571. The van der Waals surface area contributed by atoms with Crippen molar-refractivity contribution in [3.8, 4) is 17.2 Å². The number of morpholine rings is 1. The predicted molar refractivity (Wildman–Crippen MR) is 120 cm³/mol. The maximum Gasteiger partial charge on any atom is 0.259 e. The third-order valence-electron chi connectivity index (χ3n) is 5.20. The second kappa shape index (κ2) is 11.4. The first kappa shape index (κ1) is 23.4. The van der Waals surface area contributed by atoms with E-state index < -0.39 is 5.91 Å². The van der Waals surface area contributed by atoms with Crippen molar-refractivity contribution in [1.82, 2.24) is 10.2 Å². The molecule has 0 unspecified atom stereocenters. The normalized spacial score (nSPS) is 13.8. The third kappa shape index (κ3) is 5.68. The molecule has 0 aromatic heterocycles. The topological polar surface area (TPSA) is 98.4 Å². The number of nitrogens with one attached hydrogen (secondary N) is 2. The Hall–Kier alpha value is -3.30. The number of ether oxygens (including phenoxy) is 4. The van der Waals surface area contributed by atoms with Gasteiger partial charge in [-0.2, -0.15) is 0 Å². The lowest BCUT2D eigenvalue weighted by Crippen LogP contribution is -2.41. The fourth-order valence-electron chi connectivity index (χ4n) is 3.43. The molecule has 1 saturated heterocycles. The molecule has 2 N–H and O–H groups in total. The SMILES string of the molecule is COc1ccc(C(=O)Nc2c(OC)cccc2C(=O)NCCN2CCOCC2)c(OC)c1. The highest BCUT2D eigenvalue weighted by Gasteiger charge is 2.21. The molecule has 0 bridgehead atoms. The summed E-state index contributed by atoms with van der Waals surface area (Å²) < 4.78 is 21.2. The second-order valence-corrected chi connectivity index (χ2v) is 7.11. The molecule has 172 valence electrons. The van der Waals surface area contributed by atoms with Gasteiger partial charge in [-0.25, -0.2) is 0 Å². The monoisotopic (exact) mass is 443 g/mol. The average molecular weight is 444 g/mol. The number of methoxy groups -OCH3 is 3. The lowest BCUT2D eigenvalue weighted by Gasteiger charge is -2.26. The van der Waals surface area contributed by atoms with Crippen molar-refractivity contribution in [2.24, 2.45) is 0 Å². The summed E-state index contributed by atoms with van der Waals surface area (Å²) in [5, 5.41) is 5.73. The molecule has 0 radical (unpaired) electrons. The van der Waals surface area contributed by atoms with Gasteiger partial charge in [0, 0.05) is 32.2 Å². The van der Waals surface area contributed by atoms with Gasteiger partial charge < -0.3 is 29.6 Å². The number of benzene rings is 2. The minimum atomic E-state index is -0.434. The second-order valence-electron chi connectivity index (χ2n) is 7.11. The largest absolute Gasteiger partial charge is 0.497 e. The van der Waals surface area contributed by atoms with Gasteiger partial charge in [0.15, 0.2) is 0 Å². The molecule has 1 fully saturated rings. The molecule has 9 heteroatoms. The van der Waals surface area contributed by atoms with Crippen LogP contribution < -0.4 is 24.8 Å². The third-order valence-corrected chi connectivity index (χ3v) is 5.20. The Morgan fingerprint density at radius 2 is 1.69 bits per heavy atom. The first-order chi connectivity index (χ1) is 15.6. The highest BCUT2D eigenvalue weighted by Crippen LogP contribution is 2.31. The van der Waals surface area contributed by atoms with Crippen LogP contribution in [0.25, 0.3) is 0 Å². The van der Waals surface area contributed by atoms with Crippen molar-refractivity contribution in [3.63, 3.8) is 0 Å². The Bertz CT molecular complexity index is 943. The van der Waals surface area contributed by atoms with Gasteiger partial charge in [0.25, 0.3) is 11.8 Å². The molecule has 2 aromatic carbocycles. The van der Waals surface area contributed by atoms with Gasteiger partial charge in [-0.15, -0.1) is 0 Å². The van der Waals surface area contributed by atoms with E-state index >= 15 is 0 Å². The smallest absolute Gasteiger partial charge is 0.259 e. The highest BCUT2D eigenvalue weighted by molar-refractivity contribution is 6.11. The van der Waals surface area contributed by atoms with E-state index in [1.54, 1.807) is 36.4 Å². The van der Waals surface area contributed by atoms with E-state index in [0.717, 1.165) is 19.6 Å². The van der Waals surface area contributed by atoms with Crippen LogP contribution in [0.4, 0.5) is 5.69 Å². The molecule has 1 aliphatic rings. The standard InChI is InChI=1S/C23H29N3O6/c1-29-16-7-8-17(20(15-16)31-3)23(28)25-21-18(5-4-6-19(21)30-2)22(27)24-9-10-26-11-13-32-14-12-26/h4-8,15H,9-14H2,1-3H3,(H,24,27)(H,25,28). The van der Waals surface area contributed by atoms with E-state index in [1.807, 2.05) is 0 Å². The summed E-state index contributed by atoms with van der Waals surface area (Å²) in [6.45, 7) is 4.31. The number of carbonyl (C=O) groups is 2. The van der Waals surface area contributed by atoms with E-state index in [4.69, 9.17) is 18.9 Å². The van der Waals surface area contributed by atoms with Crippen LogP contribution in [0.1, 0.15) is 20.7 Å². The van der Waals surface area contributed by atoms with Crippen molar-refractivity contribution in [3.05, 3.63) is 47.5 Å². The van der Waals surface area contributed by atoms with E-state index in [0.29, 0.717) is 53.8 Å². The maximum absolute atomic E-state index is 13.0. The van der Waals surface area contributed by atoms with Crippen LogP contribution in [0.15, 0.2) is 36.4 Å². The molecule has 0 atom stereocenters. The van der Waals surface area contributed by atoms with Gasteiger partial charge >= 0.3 is 0 Å². The van der Waals surface area contributed by atoms with Crippen molar-refractivity contribution in [1.29, 1.82) is 0 Å². The molecule has 32 heavy (non-hydrogen) atoms. The van der Waals surface area contributed by atoms with Crippen LogP contribution in [-0.4, -0.2) is 77.4 Å². The Morgan fingerprint density at radius 1 is 0.938 bits per heavy atom. The van der Waals surface area contributed by atoms with E-state index in [1.165, 1.54) is 21.3 Å². The van der Waals surface area contributed by atoms with Gasteiger partial charge in [-0.3, -0.25) is 14.5 Å². The summed E-state index contributed by atoms with van der Waals surface area (Å²) in [6.07, 6.45) is 0. The van der Waals surface area contributed by atoms with E-state index in [-0.39, 0.29) is 5.91 Å². The Morgan fingerprint density at radius 3 is 2.38 bits per heavy atom. The zero-order valence-electron chi connectivity index (χ0n) is 18.6. The molecule has 0 spiro atoms. The summed E-state index contributed by atoms with van der Waals surface area (Å²) >= 11 is 0. The Balaban J connectivity index is 1.76. The van der Waals surface area contributed by atoms with Crippen LogP contribution in [0.2, 0.25) is 0 Å². The molecule has 2 aromatic rings. The van der Waals surface area contributed by atoms with Gasteiger partial charge in [0.1, 0.15) is 17.2 Å². The van der Waals surface area contributed by atoms with Gasteiger partial charge in [0.05, 0.1) is 51.4 Å². The molecular formula is C23H29N3O6. The lowest BCUT2D eigenvalue weighted by atomic mass is 10.1. The summed E-state index contributed by atoms with van der Waals surface area (Å²) in [6, 6.07) is 9.93. The number of hydrogen-bond acceptors (Lipinski definition) is 7. The summed E-state index contributed by atoms with van der Waals surface area (Å²) in [4.78, 5) is 28.1. The molecule has 1 heterocycles. The van der Waals surface area contributed by atoms with Gasteiger partial charge in [-0.05, 0) is 24.3 Å². The van der Waals surface area contributed by atoms with Crippen LogP contribution in [0.5, 0.6) is 17.2 Å². The van der Waals surface area contributed by atoms with Crippen LogP contribution >= 0.6 is 0 Å². The number of para-hydroxylation sites is 1. The van der Waals surface area contributed by atoms with Crippen molar-refractivity contribution in [2.75, 3.05) is 66.0 Å². The number of anilines is 1. The maximum atomic E-state index is 13.0. The van der Waals surface area contributed by atoms with E-state index in [9.17, 15) is 9.59 Å². The zero-order valence-corrected chi connectivity index (χ0v) is 18.6. The van der Waals surface area contributed by atoms with E-state index in [2.05, 4.69) is 15.5 Å². The summed E-state index contributed by atoms with van der Waals surface area (Å²) in [5.41, 5.74) is 0.909. The van der Waals surface area contributed by atoms with Crippen LogP contribution in [-0.2, 0) is 4.74 Å². The Kier molecular flexibility index (Phi) is 8.29. The molecule has 3 rings (SSSR count). The number of hydrogen-bond donors (Lipinski definition) is 2. The first-order valence-electron chi connectivity index (χ1n) is 10.4. The Labute approximate surface area is 187 Å². The van der Waals surface area contributed by atoms with Crippen LogP contribution in [0, 0.1) is 0 Å². The fourth-order valence-corrected chi connectivity index (χ4v) is 3.43. The van der Waals surface area contributed by atoms with Crippen LogP contribution in [0.3, 0.4) is 0 Å². The molecular weight excluding hydrogens is 414 g/mol.